The molecule has 5 heteroatoms. The number of para-hydroxylation sites is 1. The van der Waals surface area contributed by atoms with E-state index in [-0.39, 0.29) is 23.5 Å². The lowest BCUT2D eigenvalue weighted by Crippen LogP contribution is -2.40. The average Bonchev–Trinajstić information content (AvgIpc) is 3.26. The van der Waals surface area contributed by atoms with Crippen LogP contribution in [0.2, 0.25) is 0 Å². The second-order valence-corrected chi connectivity index (χ2v) is 7.25. The standard InChI is InChI=1S/C23H23NO4/c1-14-20(25)17-10-6-11-18(23(26)24-15(2)19-12-7-13-27-19)22(17)28-21(14)16-8-4-3-5-9-16/h3-6,8-11,15,19H,7,12-13H2,1-2H3,(H,24,26). The van der Waals surface area contributed by atoms with Crippen molar-refractivity contribution in [2.45, 2.75) is 38.8 Å². The van der Waals surface area contributed by atoms with Crippen LogP contribution in [0, 0.1) is 6.92 Å². The smallest absolute Gasteiger partial charge is 0.255 e. The molecular weight excluding hydrogens is 354 g/mol. The van der Waals surface area contributed by atoms with Gasteiger partial charge in [0.2, 0.25) is 0 Å². The van der Waals surface area contributed by atoms with Crippen molar-refractivity contribution in [2.24, 2.45) is 0 Å². The molecule has 0 bridgehead atoms. The van der Waals surface area contributed by atoms with Crippen molar-refractivity contribution < 1.29 is 13.9 Å². The monoisotopic (exact) mass is 377 g/mol. The third-order valence-electron chi connectivity index (χ3n) is 5.31. The van der Waals surface area contributed by atoms with E-state index in [1.54, 1.807) is 25.1 Å². The maximum Gasteiger partial charge on any atom is 0.255 e. The third-order valence-corrected chi connectivity index (χ3v) is 5.31. The van der Waals surface area contributed by atoms with Gasteiger partial charge in [0.1, 0.15) is 5.76 Å². The minimum absolute atomic E-state index is 0.0214. The van der Waals surface area contributed by atoms with Gasteiger partial charge in [-0.1, -0.05) is 36.4 Å². The van der Waals surface area contributed by atoms with Gasteiger partial charge < -0.3 is 14.5 Å². The Balaban J connectivity index is 1.77. The molecule has 5 nitrogen and oxygen atoms in total. The molecule has 1 N–H and O–H groups in total. The molecule has 2 unspecified atom stereocenters. The van der Waals surface area contributed by atoms with Gasteiger partial charge in [0, 0.05) is 17.7 Å². The molecule has 1 aliphatic rings. The van der Waals surface area contributed by atoms with Crippen molar-refractivity contribution >= 4 is 16.9 Å². The lowest BCUT2D eigenvalue weighted by Gasteiger charge is -2.20. The number of carbonyl (C=O) groups excluding carboxylic acids is 1. The summed E-state index contributed by atoms with van der Waals surface area (Å²) in [4.78, 5) is 25.9. The third kappa shape index (κ3) is 3.34. The number of amides is 1. The quantitative estimate of drug-likeness (QED) is 0.744. The van der Waals surface area contributed by atoms with E-state index >= 15 is 0 Å². The Bertz CT molecular complexity index is 1070. The zero-order chi connectivity index (χ0) is 19.7. The molecule has 2 atom stereocenters. The fourth-order valence-electron chi connectivity index (χ4n) is 3.73. The molecule has 2 aromatic carbocycles. The topological polar surface area (TPSA) is 68.5 Å². The molecule has 2 heterocycles. The Morgan fingerprint density at radius 1 is 1.14 bits per heavy atom. The van der Waals surface area contributed by atoms with Gasteiger partial charge >= 0.3 is 0 Å². The summed E-state index contributed by atoms with van der Waals surface area (Å²) in [5, 5.41) is 3.41. The van der Waals surface area contributed by atoms with Crippen LogP contribution < -0.4 is 10.7 Å². The SMILES string of the molecule is Cc1c(-c2ccccc2)oc2c(C(=O)NC(C)C3CCCO3)cccc2c1=O. The van der Waals surface area contributed by atoms with Gasteiger partial charge in [-0.2, -0.15) is 0 Å². The number of rotatable bonds is 4. The highest BCUT2D eigenvalue weighted by atomic mass is 16.5. The Kier molecular flexibility index (Phi) is 5.01. The van der Waals surface area contributed by atoms with Crippen LogP contribution in [-0.2, 0) is 4.74 Å². The maximum absolute atomic E-state index is 12.9. The minimum atomic E-state index is -0.264. The van der Waals surface area contributed by atoms with Crippen molar-refractivity contribution in [3.63, 3.8) is 0 Å². The fraction of sp³-hybridized carbons (Fsp3) is 0.304. The Hall–Kier alpha value is -2.92. The Labute approximate surface area is 163 Å². The maximum atomic E-state index is 12.9. The molecule has 28 heavy (non-hydrogen) atoms. The van der Waals surface area contributed by atoms with Crippen LogP contribution in [0.3, 0.4) is 0 Å². The molecule has 1 saturated heterocycles. The van der Waals surface area contributed by atoms with E-state index in [0.29, 0.717) is 27.9 Å². The molecule has 0 radical (unpaired) electrons. The van der Waals surface area contributed by atoms with Crippen LogP contribution in [0.5, 0.6) is 0 Å². The summed E-state index contributed by atoms with van der Waals surface area (Å²) in [6.07, 6.45) is 1.96. The van der Waals surface area contributed by atoms with Crippen LogP contribution >= 0.6 is 0 Å². The van der Waals surface area contributed by atoms with E-state index in [0.717, 1.165) is 25.0 Å². The first-order chi connectivity index (χ1) is 13.6. The number of carbonyl (C=O) groups is 1. The van der Waals surface area contributed by atoms with E-state index in [2.05, 4.69) is 5.32 Å². The van der Waals surface area contributed by atoms with Crippen molar-refractivity contribution in [3.05, 3.63) is 69.9 Å². The summed E-state index contributed by atoms with van der Waals surface area (Å²) in [6.45, 7) is 4.42. The summed E-state index contributed by atoms with van der Waals surface area (Å²) >= 11 is 0. The number of nitrogens with one attached hydrogen (secondary N) is 1. The molecule has 0 saturated carbocycles. The van der Waals surface area contributed by atoms with E-state index < -0.39 is 0 Å². The van der Waals surface area contributed by atoms with Crippen molar-refractivity contribution in [1.82, 2.24) is 5.32 Å². The van der Waals surface area contributed by atoms with Gasteiger partial charge in [-0.3, -0.25) is 9.59 Å². The molecule has 144 valence electrons. The summed E-state index contributed by atoms with van der Waals surface area (Å²) in [6, 6.07) is 14.4. The van der Waals surface area contributed by atoms with Crippen LogP contribution in [0.25, 0.3) is 22.3 Å². The normalized spacial score (nSPS) is 17.6. The highest BCUT2D eigenvalue weighted by Crippen LogP contribution is 2.27. The first kappa shape index (κ1) is 18.4. The van der Waals surface area contributed by atoms with Gasteiger partial charge in [0.25, 0.3) is 5.91 Å². The highest BCUT2D eigenvalue weighted by Gasteiger charge is 2.25. The first-order valence-corrected chi connectivity index (χ1v) is 9.60. The summed E-state index contributed by atoms with van der Waals surface area (Å²) in [5.41, 5.74) is 1.89. The molecule has 1 fully saturated rings. The van der Waals surface area contributed by atoms with Gasteiger partial charge in [-0.15, -0.1) is 0 Å². The molecule has 1 amide bonds. The van der Waals surface area contributed by atoms with Gasteiger partial charge in [-0.05, 0) is 38.8 Å². The van der Waals surface area contributed by atoms with Gasteiger partial charge in [0.05, 0.1) is 23.1 Å². The lowest BCUT2D eigenvalue weighted by molar-refractivity contribution is 0.0712. The molecule has 0 spiro atoms. The first-order valence-electron chi connectivity index (χ1n) is 9.60. The predicted octanol–water partition coefficient (Wildman–Crippen LogP) is 4.07. The Morgan fingerprint density at radius 3 is 2.64 bits per heavy atom. The Morgan fingerprint density at radius 2 is 1.93 bits per heavy atom. The molecular formula is C23H23NO4. The predicted molar refractivity (Wildman–Crippen MR) is 109 cm³/mol. The van der Waals surface area contributed by atoms with Crippen molar-refractivity contribution in [2.75, 3.05) is 6.61 Å². The summed E-state index contributed by atoms with van der Waals surface area (Å²) < 4.78 is 11.8. The lowest BCUT2D eigenvalue weighted by atomic mass is 10.0. The van der Waals surface area contributed by atoms with E-state index in [1.807, 2.05) is 37.3 Å². The summed E-state index contributed by atoms with van der Waals surface area (Å²) in [7, 11) is 0. The zero-order valence-corrected chi connectivity index (χ0v) is 16.0. The second kappa shape index (κ2) is 7.60. The highest BCUT2D eigenvalue weighted by molar-refractivity contribution is 6.05. The van der Waals surface area contributed by atoms with E-state index in [9.17, 15) is 9.59 Å². The van der Waals surface area contributed by atoms with Crippen LogP contribution in [0.4, 0.5) is 0 Å². The molecule has 3 aromatic rings. The minimum Gasteiger partial charge on any atom is -0.455 e. The second-order valence-electron chi connectivity index (χ2n) is 7.25. The van der Waals surface area contributed by atoms with Crippen LogP contribution in [0.1, 0.15) is 35.7 Å². The van der Waals surface area contributed by atoms with Crippen molar-refractivity contribution in [3.8, 4) is 11.3 Å². The molecule has 1 aromatic heterocycles. The largest absolute Gasteiger partial charge is 0.455 e. The van der Waals surface area contributed by atoms with E-state index in [1.165, 1.54) is 0 Å². The van der Waals surface area contributed by atoms with Crippen LogP contribution in [0.15, 0.2) is 57.7 Å². The average molecular weight is 377 g/mol. The molecule has 4 rings (SSSR count). The number of ether oxygens (including phenoxy) is 1. The van der Waals surface area contributed by atoms with E-state index in [4.69, 9.17) is 9.15 Å². The molecule has 0 aliphatic carbocycles. The zero-order valence-electron chi connectivity index (χ0n) is 16.0. The number of hydrogen-bond donors (Lipinski definition) is 1. The number of benzene rings is 2. The number of hydrogen-bond acceptors (Lipinski definition) is 4. The number of fused-ring (bicyclic) bond motifs is 1. The molecule has 1 aliphatic heterocycles. The fourth-order valence-corrected chi connectivity index (χ4v) is 3.73. The van der Waals surface area contributed by atoms with Gasteiger partial charge in [0.15, 0.2) is 11.0 Å². The summed E-state index contributed by atoms with van der Waals surface area (Å²) in [5.74, 6) is 0.227. The van der Waals surface area contributed by atoms with Gasteiger partial charge in [-0.25, -0.2) is 0 Å². The van der Waals surface area contributed by atoms with Crippen molar-refractivity contribution in [1.29, 1.82) is 0 Å². The van der Waals surface area contributed by atoms with Crippen LogP contribution in [-0.4, -0.2) is 24.7 Å².